The summed E-state index contributed by atoms with van der Waals surface area (Å²) < 4.78 is 2.24. The van der Waals surface area contributed by atoms with Crippen LogP contribution in [0.4, 0.5) is 0 Å². The Hall–Kier alpha value is -2.39. The smallest absolute Gasteiger partial charge is 0.0671 e. The monoisotopic (exact) mass is 387 g/mol. The number of likely N-dealkylation sites (tertiary alicyclic amines) is 1. The molecule has 0 saturated carbocycles. The van der Waals surface area contributed by atoms with Gasteiger partial charge in [-0.1, -0.05) is 67.6 Å². The third-order valence-corrected chi connectivity index (χ3v) is 6.30. The number of aromatic nitrogens is 2. The Labute approximate surface area is 175 Å². The fraction of sp³-hybridized carbons (Fsp3) is 0.423. The van der Waals surface area contributed by atoms with Gasteiger partial charge in [-0.2, -0.15) is 5.10 Å². The van der Waals surface area contributed by atoms with Gasteiger partial charge >= 0.3 is 0 Å². The first kappa shape index (κ1) is 19.9. The predicted molar refractivity (Wildman–Crippen MR) is 120 cm³/mol. The fourth-order valence-corrected chi connectivity index (χ4v) is 4.65. The van der Waals surface area contributed by atoms with Crippen LogP contribution in [0, 0.1) is 0 Å². The maximum Gasteiger partial charge on any atom is 0.0671 e. The molecule has 4 rings (SSSR count). The van der Waals surface area contributed by atoms with Crippen LogP contribution < -0.4 is 0 Å². The first-order chi connectivity index (χ1) is 14.2. The van der Waals surface area contributed by atoms with Gasteiger partial charge in [-0.3, -0.25) is 4.68 Å². The maximum absolute atomic E-state index is 4.91. The molecule has 1 fully saturated rings. The molecule has 152 valence electrons. The van der Waals surface area contributed by atoms with Gasteiger partial charge in [0.25, 0.3) is 0 Å². The van der Waals surface area contributed by atoms with E-state index >= 15 is 0 Å². The molecule has 1 aromatic heterocycles. The molecule has 3 nitrogen and oxygen atoms in total. The largest absolute Gasteiger partial charge is 0.303 e. The molecule has 3 aromatic rings. The summed E-state index contributed by atoms with van der Waals surface area (Å²) in [6, 6.07) is 24.0. The van der Waals surface area contributed by atoms with Crippen molar-refractivity contribution in [3.63, 3.8) is 0 Å². The molecule has 0 aliphatic carbocycles. The van der Waals surface area contributed by atoms with Gasteiger partial charge in [-0.05, 0) is 56.0 Å². The summed E-state index contributed by atoms with van der Waals surface area (Å²) in [5.74, 6) is 1.22. The SMILES string of the molecule is CCn1nc(Cc2ccccc2)cc1C1CCN(CC(C)c2ccccc2)CC1. The zero-order valence-electron chi connectivity index (χ0n) is 17.8. The lowest BCUT2D eigenvalue weighted by Crippen LogP contribution is -2.36. The van der Waals surface area contributed by atoms with Crippen molar-refractivity contribution in [2.24, 2.45) is 0 Å². The standard InChI is InChI=1S/C26H33N3/c1-3-29-26(19-25(27-29)18-22-10-6-4-7-11-22)24-14-16-28(17-15-24)20-21(2)23-12-8-5-9-13-23/h4-13,19,21,24H,3,14-18,20H2,1-2H3. The van der Waals surface area contributed by atoms with Crippen molar-refractivity contribution in [2.75, 3.05) is 19.6 Å². The van der Waals surface area contributed by atoms with Crippen LogP contribution in [0.3, 0.4) is 0 Å². The lowest BCUT2D eigenvalue weighted by atomic mass is 9.91. The summed E-state index contributed by atoms with van der Waals surface area (Å²) in [7, 11) is 0. The first-order valence-corrected chi connectivity index (χ1v) is 11.1. The molecule has 1 aliphatic rings. The highest BCUT2D eigenvalue weighted by Crippen LogP contribution is 2.30. The molecule has 2 heterocycles. The second kappa shape index (κ2) is 9.41. The van der Waals surface area contributed by atoms with Crippen LogP contribution in [0.2, 0.25) is 0 Å². The normalized spacial score (nSPS) is 16.8. The van der Waals surface area contributed by atoms with Gasteiger partial charge in [-0.15, -0.1) is 0 Å². The zero-order chi connectivity index (χ0) is 20.1. The van der Waals surface area contributed by atoms with E-state index in [1.165, 1.54) is 48.4 Å². The van der Waals surface area contributed by atoms with Crippen molar-refractivity contribution in [1.82, 2.24) is 14.7 Å². The lowest BCUT2D eigenvalue weighted by Gasteiger charge is -2.33. The van der Waals surface area contributed by atoms with Crippen molar-refractivity contribution in [3.8, 4) is 0 Å². The second-order valence-corrected chi connectivity index (χ2v) is 8.43. The molecule has 3 heteroatoms. The van der Waals surface area contributed by atoms with E-state index in [1.54, 1.807) is 0 Å². The highest BCUT2D eigenvalue weighted by molar-refractivity contribution is 5.24. The Kier molecular flexibility index (Phi) is 6.46. The van der Waals surface area contributed by atoms with Gasteiger partial charge in [0.2, 0.25) is 0 Å². The Balaban J connectivity index is 1.36. The van der Waals surface area contributed by atoms with E-state index in [9.17, 15) is 0 Å². The number of rotatable bonds is 7. The highest BCUT2D eigenvalue weighted by atomic mass is 15.3. The first-order valence-electron chi connectivity index (χ1n) is 11.1. The summed E-state index contributed by atoms with van der Waals surface area (Å²) in [5, 5.41) is 4.91. The van der Waals surface area contributed by atoms with Gasteiger partial charge in [0.1, 0.15) is 0 Å². The number of hydrogen-bond donors (Lipinski definition) is 0. The topological polar surface area (TPSA) is 21.1 Å². The minimum Gasteiger partial charge on any atom is -0.303 e. The molecule has 1 unspecified atom stereocenters. The van der Waals surface area contributed by atoms with Crippen LogP contribution in [-0.4, -0.2) is 34.3 Å². The lowest BCUT2D eigenvalue weighted by molar-refractivity contribution is 0.200. The molecule has 29 heavy (non-hydrogen) atoms. The molecule has 2 aromatic carbocycles. The zero-order valence-corrected chi connectivity index (χ0v) is 17.8. The maximum atomic E-state index is 4.91. The van der Waals surface area contributed by atoms with Crippen molar-refractivity contribution < 1.29 is 0 Å². The number of benzene rings is 2. The molecule has 0 radical (unpaired) electrons. The second-order valence-electron chi connectivity index (χ2n) is 8.43. The molecule has 0 amide bonds. The Morgan fingerprint density at radius 3 is 2.28 bits per heavy atom. The van der Waals surface area contributed by atoms with Crippen LogP contribution in [0.25, 0.3) is 0 Å². The highest BCUT2D eigenvalue weighted by Gasteiger charge is 2.25. The molecule has 1 aliphatic heterocycles. The molecular formula is C26H33N3. The molecule has 0 N–H and O–H groups in total. The number of hydrogen-bond acceptors (Lipinski definition) is 2. The Bertz CT molecular complexity index is 877. The van der Waals surface area contributed by atoms with Crippen molar-refractivity contribution in [2.45, 2.75) is 51.5 Å². The average Bonchev–Trinajstić information content (AvgIpc) is 3.18. The fourth-order valence-electron chi connectivity index (χ4n) is 4.65. The van der Waals surface area contributed by atoms with Gasteiger partial charge in [0.05, 0.1) is 5.69 Å². The Morgan fingerprint density at radius 1 is 0.966 bits per heavy atom. The van der Waals surface area contributed by atoms with E-state index in [-0.39, 0.29) is 0 Å². The van der Waals surface area contributed by atoms with Crippen LogP contribution >= 0.6 is 0 Å². The predicted octanol–water partition coefficient (Wildman–Crippen LogP) is 5.48. The summed E-state index contributed by atoms with van der Waals surface area (Å²) in [4.78, 5) is 2.64. The molecule has 0 bridgehead atoms. The van der Waals surface area contributed by atoms with Crippen molar-refractivity contribution in [1.29, 1.82) is 0 Å². The van der Waals surface area contributed by atoms with Crippen LogP contribution in [0.15, 0.2) is 66.7 Å². The average molecular weight is 388 g/mol. The quantitative estimate of drug-likeness (QED) is 0.535. The van der Waals surface area contributed by atoms with Gasteiger partial charge in [-0.25, -0.2) is 0 Å². The van der Waals surface area contributed by atoms with Gasteiger partial charge in [0, 0.05) is 31.1 Å². The molecular weight excluding hydrogens is 354 g/mol. The molecule has 0 spiro atoms. The molecule has 1 atom stereocenters. The van der Waals surface area contributed by atoms with Crippen LogP contribution in [0.5, 0.6) is 0 Å². The number of nitrogens with zero attached hydrogens (tertiary/aromatic N) is 3. The summed E-state index contributed by atoms with van der Waals surface area (Å²) in [6.07, 6.45) is 3.39. The van der Waals surface area contributed by atoms with E-state index < -0.39 is 0 Å². The summed E-state index contributed by atoms with van der Waals surface area (Å²) >= 11 is 0. The van der Waals surface area contributed by atoms with Gasteiger partial charge < -0.3 is 4.90 Å². The molecule has 1 saturated heterocycles. The third-order valence-electron chi connectivity index (χ3n) is 6.30. The third kappa shape index (κ3) is 4.97. The van der Waals surface area contributed by atoms with Crippen molar-refractivity contribution >= 4 is 0 Å². The van der Waals surface area contributed by atoms with E-state index in [0.29, 0.717) is 11.8 Å². The van der Waals surface area contributed by atoms with Crippen molar-refractivity contribution in [3.05, 3.63) is 89.2 Å². The summed E-state index contributed by atoms with van der Waals surface area (Å²) in [5.41, 5.74) is 5.43. The Morgan fingerprint density at radius 2 is 1.62 bits per heavy atom. The summed E-state index contributed by atoms with van der Waals surface area (Å²) in [6.45, 7) is 9.04. The van der Waals surface area contributed by atoms with E-state index in [4.69, 9.17) is 5.10 Å². The van der Waals surface area contributed by atoms with Crippen LogP contribution in [0.1, 0.15) is 61.0 Å². The van der Waals surface area contributed by atoms with E-state index in [0.717, 1.165) is 19.5 Å². The minimum atomic E-state index is 0.589. The number of aryl methyl sites for hydroxylation is 1. The minimum absolute atomic E-state index is 0.589. The van der Waals surface area contributed by atoms with Crippen LogP contribution in [-0.2, 0) is 13.0 Å². The number of piperidine rings is 1. The van der Waals surface area contributed by atoms with E-state index in [1.807, 2.05) is 0 Å². The van der Waals surface area contributed by atoms with Gasteiger partial charge in [0.15, 0.2) is 0 Å². The van der Waals surface area contributed by atoms with E-state index in [2.05, 4.69) is 90.2 Å².